The molecule has 0 amide bonds. The first kappa shape index (κ1) is 12.7. The summed E-state index contributed by atoms with van der Waals surface area (Å²) < 4.78 is 0. The number of unbranched alkanes of at least 4 members (excludes halogenated alkanes) is 5. The van der Waals surface area contributed by atoms with Gasteiger partial charge in [-0.05, 0) is 26.7 Å². The Hall–Kier alpha value is -0.370. The summed E-state index contributed by atoms with van der Waals surface area (Å²) in [6.07, 6.45) is 9.42. The number of hydrogen-bond donors (Lipinski definition) is 0. The van der Waals surface area contributed by atoms with Crippen LogP contribution in [0.15, 0.2) is 0 Å². The predicted octanol–water partition coefficient (Wildman–Crippen LogP) is 4.66. The summed E-state index contributed by atoms with van der Waals surface area (Å²) in [7, 11) is 0. The van der Waals surface area contributed by atoms with Crippen LogP contribution in [-0.2, 0) is 6.42 Å². The Kier molecular flexibility index (Phi) is 5.92. The van der Waals surface area contributed by atoms with Gasteiger partial charge >= 0.3 is 0 Å². The van der Waals surface area contributed by atoms with Gasteiger partial charge in [0.25, 0.3) is 0 Å². The Morgan fingerprint density at radius 3 is 2.27 bits per heavy atom. The molecule has 0 aliphatic carbocycles. The molecule has 0 saturated heterocycles. The number of hydrogen-bond acceptors (Lipinski definition) is 2. The number of aryl methyl sites for hydroxylation is 3. The minimum absolute atomic E-state index is 1.19. The molecule has 0 bridgehead atoms. The van der Waals surface area contributed by atoms with E-state index in [-0.39, 0.29) is 0 Å². The highest BCUT2D eigenvalue weighted by molar-refractivity contribution is 7.11. The monoisotopic (exact) mass is 225 g/mol. The van der Waals surface area contributed by atoms with Crippen molar-refractivity contribution < 1.29 is 0 Å². The van der Waals surface area contributed by atoms with Crippen molar-refractivity contribution in [3.63, 3.8) is 0 Å². The van der Waals surface area contributed by atoms with Crippen LogP contribution in [0, 0.1) is 13.8 Å². The molecule has 0 atom stereocenters. The van der Waals surface area contributed by atoms with Gasteiger partial charge in [-0.1, -0.05) is 39.0 Å². The van der Waals surface area contributed by atoms with Crippen molar-refractivity contribution in [2.24, 2.45) is 0 Å². The molecule has 0 N–H and O–H groups in total. The largest absolute Gasteiger partial charge is 0.246 e. The summed E-state index contributed by atoms with van der Waals surface area (Å²) in [5.74, 6) is 0. The molecule has 0 aliphatic heterocycles. The minimum Gasteiger partial charge on any atom is -0.246 e. The van der Waals surface area contributed by atoms with Gasteiger partial charge in [0, 0.05) is 4.88 Å². The van der Waals surface area contributed by atoms with Gasteiger partial charge in [0.05, 0.1) is 10.7 Å². The summed E-state index contributed by atoms with van der Waals surface area (Å²) >= 11 is 1.87. The van der Waals surface area contributed by atoms with Crippen molar-refractivity contribution >= 4 is 11.3 Å². The number of thiazole rings is 1. The highest BCUT2D eigenvalue weighted by Crippen LogP contribution is 2.18. The predicted molar refractivity (Wildman–Crippen MR) is 68.7 cm³/mol. The van der Waals surface area contributed by atoms with Crippen LogP contribution in [0.25, 0.3) is 0 Å². The zero-order valence-electron chi connectivity index (χ0n) is 10.3. The van der Waals surface area contributed by atoms with Gasteiger partial charge in [0.1, 0.15) is 0 Å². The molecule has 1 nitrogen and oxygen atoms in total. The highest BCUT2D eigenvalue weighted by Gasteiger charge is 2.02. The van der Waals surface area contributed by atoms with Gasteiger partial charge in [0.15, 0.2) is 0 Å². The topological polar surface area (TPSA) is 12.9 Å². The Balaban J connectivity index is 2.10. The highest BCUT2D eigenvalue weighted by atomic mass is 32.1. The molecule has 0 fully saturated rings. The van der Waals surface area contributed by atoms with Crippen LogP contribution in [0.4, 0.5) is 0 Å². The standard InChI is InChI=1S/C13H23NS/c1-4-5-6-7-8-9-10-13-14-11(2)12(3)15-13/h4-10H2,1-3H3. The van der Waals surface area contributed by atoms with Crippen LogP contribution >= 0.6 is 11.3 Å². The van der Waals surface area contributed by atoms with Crippen LogP contribution in [0.2, 0.25) is 0 Å². The first-order chi connectivity index (χ1) is 7.24. The zero-order chi connectivity index (χ0) is 11.1. The van der Waals surface area contributed by atoms with E-state index in [0.717, 1.165) is 0 Å². The fraction of sp³-hybridized carbons (Fsp3) is 0.769. The Labute approximate surface area is 97.9 Å². The first-order valence-electron chi connectivity index (χ1n) is 6.17. The van der Waals surface area contributed by atoms with Crippen LogP contribution in [0.1, 0.15) is 61.0 Å². The van der Waals surface area contributed by atoms with Crippen LogP contribution in [0.3, 0.4) is 0 Å². The maximum atomic E-state index is 4.56. The van der Waals surface area contributed by atoms with Crippen LogP contribution in [-0.4, -0.2) is 4.98 Å². The fourth-order valence-corrected chi connectivity index (χ4v) is 2.68. The van der Waals surface area contributed by atoms with Gasteiger partial charge < -0.3 is 0 Å². The number of nitrogens with zero attached hydrogens (tertiary/aromatic N) is 1. The van der Waals surface area contributed by atoms with Gasteiger partial charge in [-0.25, -0.2) is 4.98 Å². The molecule has 0 radical (unpaired) electrons. The van der Waals surface area contributed by atoms with Crippen molar-refractivity contribution in [3.05, 3.63) is 15.6 Å². The van der Waals surface area contributed by atoms with E-state index in [9.17, 15) is 0 Å². The average Bonchev–Trinajstić information content (AvgIpc) is 2.52. The first-order valence-corrected chi connectivity index (χ1v) is 6.98. The van der Waals surface area contributed by atoms with Crippen molar-refractivity contribution in [3.8, 4) is 0 Å². The number of rotatable bonds is 7. The van der Waals surface area contributed by atoms with Gasteiger partial charge in [-0.15, -0.1) is 11.3 Å². The van der Waals surface area contributed by atoms with E-state index in [0.29, 0.717) is 0 Å². The van der Waals surface area contributed by atoms with Crippen molar-refractivity contribution in [1.82, 2.24) is 4.98 Å². The van der Waals surface area contributed by atoms with E-state index in [1.54, 1.807) is 0 Å². The normalized spacial score (nSPS) is 10.9. The van der Waals surface area contributed by atoms with E-state index in [1.807, 2.05) is 11.3 Å². The van der Waals surface area contributed by atoms with Gasteiger partial charge in [-0.2, -0.15) is 0 Å². The maximum Gasteiger partial charge on any atom is 0.0930 e. The second-order valence-corrected chi connectivity index (χ2v) is 5.55. The molecule has 0 aliphatic rings. The molecule has 2 heteroatoms. The molecule has 1 aromatic rings. The molecule has 15 heavy (non-hydrogen) atoms. The van der Waals surface area contributed by atoms with Gasteiger partial charge in [-0.3, -0.25) is 0 Å². The molecule has 1 aromatic heterocycles. The van der Waals surface area contributed by atoms with E-state index in [1.165, 1.54) is 60.5 Å². The zero-order valence-corrected chi connectivity index (χ0v) is 11.1. The third-order valence-corrected chi connectivity index (χ3v) is 3.95. The molecule has 0 spiro atoms. The van der Waals surface area contributed by atoms with Crippen LogP contribution in [0.5, 0.6) is 0 Å². The molecule has 1 rings (SSSR count). The average molecular weight is 225 g/mol. The SMILES string of the molecule is CCCCCCCCc1nc(C)c(C)s1. The second-order valence-electron chi connectivity index (χ2n) is 4.27. The number of aromatic nitrogens is 1. The third kappa shape index (κ3) is 4.78. The molecule has 0 unspecified atom stereocenters. The van der Waals surface area contributed by atoms with Crippen molar-refractivity contribution in [2.45, 2.75) is 65.7 Å². The van der Waals surface area contributed by atoms with Crippen molar-refractivity contribution in [2.75, 3.05) is 0 Å². The van der Waals surface area contributed by atoms with Crippen LogP contribution < -0.4 is 0 Å². The van der Waals surface area contributed by atoms with E-state index in [4.69, 9.17) is 0 Å². The summed E-state index contributed by atoms with van der Waals surface area (Å²) in [6.45, 7) is 6.54. The minimum atomic E-state index is 1.19. The molecular weight excluding hydrogens is 202 g/mol. The Bertz CT molecular complexity index is 259. The molecule has 86 valence electrons. The second kappa shape index (κ2) is 7.00. The lowest BCUT2D eigenvalue weighted by atomic mass is 10.1. The lowest BCUT2D eigenvalue weighted by Crippen LogP contribution is -1.85. The summed E-state index contributed by atoms with van der Waals surface area (Å²) in [5, 5.41) is 1.33. The molecular formula is C13H23NS. The van der Waals surface area contributed by atoms with Crippen molar-refractivity contribution in [1.29, 1.82) is 0 Å². The summed E-state index contributed by atoms with van der Waals surface area (Å²) in [4.78, 5) is 5.95. The lowest BCUT2D eigenvalue weighted by molar-refractivity contribution is 0.607. The van der Waals surface area contributed by atoms with Gasteiger partial charge in [0.2, 0.25) is 0 Å². The summed E-state index contributed by atoms with van der Waals surface area (Å²) in [6, 6.07) is 0. The maximum absolute atomic E-state index is 4.56. The Morgan fingerprint density at radius 1 is 1.00 bits per heavy atom. The lowest BCUT2D eigenvalue weighted by Gasteiger charge is -1.98. The molecule has 0 saturated carbocycles. The fourth-order valence-electron chi connectivity index (χ4n) is 1.70. The summed E-state index contributed by atoms with van der Waals surface area (Å²) in [5.41, 5.74) is 1.22. The Morgan fingerprint density at radius 2 is 1.67 bits per heavy atom. The quantitative estimate of drug-likeness (QED) is 0.615. The third-order valence-electron chi connectivity index (χ3n) is 2.82. The molecule has 0 aromatic carbocycles. The van der Waals surface area contributed by atoms with E-state index < -0.39 is 0 Å². The van der Waals surface area contributed by atoms with E-state index in [2.05, 4.69) is 25.8 Å². The molecule has 1 heterocycles. The smallest absolute Gasteiger partial charge is 0.0930 e. The van der Waals surface area contributed by atoms with E-state index >= 15 is 0 Å².